The van der Waals surface area contributed by atoms with E-state index in [4.69, 9.17) is 2.69 Å². The Labute approximate surface area is 105 Å². The van der Waals surface area contributed by atoms with Gasteiger partial charge < -0.3 is 0 Å². The van der Waals surface area contributed by atoms with Gasteiger partial charge in [0.15, 0.2) is 0 Å². The standard InChI is InChI=1S/C12H23O.Tl/c1-3-11(7-5-9-13)12-8-4-6-10(12)2;/h10-12H,3-9H2,1-2H3;/q-1;+1/t10?,11-,12?;/m1./s1. The van der Waals surface area contributed by atoms with Gasteiger partial charge in [-0.25, -0.2) is 0 Å². The first kappa shape index (κ1) is 12.9. The van der Waals surface area contributed by atoms with Crippen LogP contribution in [0.1, 0.15) is 52.4 Å². The van der Waals surface area contributed by atoms with Crippen LogP contribution in [0.5, 0.6) is 0 Å². The average Bonchev–Trinajstić information content (AvgIpc) is 2.60. The van der Waals surface area contributed by atoms with Crippen LogP contribution in [0.15, 0.2) is 0 Å². The van der Waals surface area contributed by atoms with Crippen LogP contribution >= 0.6 is 0 Å². The van der Waals surface area contributed by atoms with Gasteiger partial charge in [-0.2, -0.15) is 0 Å². The molecule has 2 unspecified atom stereocenters. The molecule has 80 valence electrons. The van der Waals surface area contributed by atoms with Crippen molar-refractivity contribution in [2.24, 2.45) is 17.8 Å². The van der Waals surface area contributed by atoms with Crippen LogP contribution in [0.2, 0.25) is 0 Å². The van der Waals surface area contributed by atoms with Crippen LogP contribution in [0, 0.1) is 17.8 Å². The third kappa shape index (κ3) is 3.80. The molecule has 0 saturated heterocycles. The Morgan fingerprint density at radius 3 is 2.71 bits per heavy atom. The zero-order valence-electron chi connectivity index (χ0n) is 9.67. The topological polar surface area (TPSA) is 9.23 Å². The Kier molecular flexibility index (Phi) is 6.66. The minimum absolute atomic E-state index is 0.727. The van der Waals surface area contributed by atoms with Gasteiger partial charge in [0.1, 0.15) is 0 Å². The molecule has 1 nitrogen and oxygen atoms in total. The first-order valence-electron chi connectivity index (χ1n) is 6.11. The molecule has 2 heteroatoms. The predicted molar refractivity (Wildman–Crippen MR) is 61.2 cm³/mol. The van der Waals surface area contributed by atoms with Crippen LogP contribution in [-0.2, 0) is 2.69 Å². The molecule has 3 atom stereocenters. The van der Waals surface area contributed by atoms with Crippen molar-refractivity contribution in [1.29, 1.82) is 0 Å². The fourth-order valence-corrected chi connectivity index (χ4v) is 3.67. The van der Waals surface area contributed by atoms with Crippen LogP contribution in [0.4, 0.5) is 0 Å². The van der Waals surface area contributed by atoms with Crippen molar-refractivity contribution in [3.05, 3.63) is 0 Å². The van der Waals surface area contributed by atoms with Crippen molar-refractivity contribution in [3.8, 4) is 0 Å². The summed E-state index contributed by atoms with van der Waals surface area (Å²) in [6, 6.07) is 0. The second-order valence-electron chi connectivity index (χ2n) is 4.75. The molecule has 1 rings (SSSR count). The summed E-state index contributed by atoms with van der Waals surface area (Å²) in [4.78, 5) is 0. The SMILES string of the molecule is CC[C@H](CCC[O][Tl])C1CCCC1C. The van der Waals surface area contributed by atoms with Gasteiger partial charge in [-0.3, -0.25) is 0 Å². The maximum absolute atomic E-state index is 5.29. The second kappa shape index (κ2) is 7.20. The summed E-state index contributed by atoms with van der Waals surface area (Å²) in [6.45, 7) is 5.83. The Morgan fingerprint density at radius 2 is 2.21 bits per heavy atom. The Balaban J connectivity index is 2.29. The van der Waals surface area contributed by atoms with Crippen LogP contribution < -0.4 is 0 Å². The van der Waals surface area contributed by atoms with Gasteiger partial charge in [-0.05, 0) is 0 Å². The first-order chi connectivity index (χ1) is 6.79. The van der Waals surface area contributed by atoms with E-state index in [-0.39, 0.29) is 0 Å². The molecule has 1 fully saturated rings. The van der Waals surface area contributed by atoms with E-state index < -0.39 is 0 Å². The average molecular weight is 388 g/mol. The van der Waals surface area contributed by atoms with Crippen molar-refractivity contribution >= 4 is 26.2 Å². The van der Waals surface area contributed by atoms with Crippen molar-refractivity contribution in [1.82, 2.24) is 0 Å². The van der Waals surface area contributed by atoms with Gasteiger partial charge in [0, 0.05) is 0 Å². The number of hydrogen-bond donors (Lipinski definition) is 0. The molecule has 14 heavy (non-hydrogen) atoms. The fraction of sp³-hybridized carbons (Fsp3) is 1.00. The Morgan fingerprint density at radius 1 is 1.43 bits per heavy atom. The van der Waals surface area contributed by atoms with E-state index in [1.54, 1.807) is 0 Å². The molecule has 1 aliphatic rings. The molecule has 0 aromatic heterocycles. The summed E-state index contributed by atoms with van der Waals surface area (Å²) >= 11 is 0.727. The van der Waals surface area contributed by atoms with E-state index in [9.17, 15) is 0 Å². The van der Waals surface area contributed by atoms with E-state index in [0.717, 1.165) is 50.6 Å². The summed E-state index contributed by atoms with van der Waals surface area (Å²) in [6.07, 6.45) is 8.50. The Bertz CT molecular complexity index is 149. The van der Waals surface area contributed by atoms with Crippen LogP contribution in [0.25, 0.3) is 0 Å². The van der Waals surface area contributed by atoms with Crippen molar-refractivity contribution in [3.63, 3.8) is 0 Å². The summed E-state index contributed by atoms with van der Waals surface area (Å²) in [5.41, 5.74) is 0. The van der Waals surface area contributed by atoms with Gasteiger partial charge in [0.2, 0.25) is 0 Å². The molecule has 0 aromatic rings. The quantitative estimate of drug-likeness (QED) is 0.502. The minimum atomic E-state index is 0.727. The number of hydrogen-bond acceptors (Lipinski definition) is 1. The second-order valence-corrected chi connectivity index (χ2v) is 6.05. The van der Waals surface area contributed by atoms with Crippen molar-refractivity contribution in [2.75, 3.05) is 6.61 Å². The van der Waals surface area contributed by atoms with Gasteiger partial charge in [-0.15, -0.1) is 0 Å². The van der Waals surface area contributed by atoms with Crippen LogP contribution in [-0.4, -0.2) is 32.8 Å². The maximum atomic E-state index is 5.29. The third-order valence-corrected chi connectivity index (χ3v) is 4.81. The van der Waals surface area contributed by atoms with E-state index in [0.29, 0.717) is 0 Å². The molecule has 0 N–H and O–H groups in total. The molecule has 0 radical (unpaired) electrons. The zero-order valence-corrected chi connectivity index (χ0v) is 14.2. The third-order valence-electron chi connectivity index (χ3n) is 3.89. The van der Waals surface area contributed by atoms with Gasteiger partial charge >= 0.3 is 106 Å². The molecule has 1 aliphatic carbocycles. The van der Waals surface area contributed by atoms with E-state index >= 15 is 0 Å². The van der Waals surface area contributed by atoms with Gasteiger partial charge in [0.05, 0.1) is 0 Å². The molecule has 0 heterocycles. The monoisotopic (exact) mass is 388 g/mol. The van der Waals surface area contributed by atoms with E-state index in [1.165, 1.54) is 38.5 Å². The summed E-state index contributed by atoms with van der Waals surface area (Å²) in [5, 5.41) is 0. The van der Waals surface area contributed by atoms with Gasteiger partial charge in [-0.1, -0.05) is 0 Å². The van der Waals surface area contributed by atoms with Crippen molar-refractivity contribution < 1.29 is 2.69 Å². The molecular formula is C12H23OTl. The summed E-state index contributed by atoms with van der Waals surface area (Å²) < 4.78 is 5.29. The van der Waals surface area contributed by atoms with Crippen molar-refractivity contribution in [2.45, 2.75) is 52.4 Å². The Hall–Kier alpha value is 0.882. The summed E-state index contributed by atoms with van der Waals surface area (Å²) in [5.74, 6) is 2.99. The molecule has 0 aromatic carbocycles. The molecule has 0 aliphatic heterocycles. The first-order valence-corrected chi connectivity index (χ1v) is 7.94. The normalized spacial score (nSPS) is 29.2. The molecule has 0 spiro atoms. The number of rotatable bonds is 6. The predicted octanol–water partition coefficient (Wildman–Crippen LogP) is 3.33. The zero-order chi connectivity index (χ0) is 10.4. The fourth-order valence-electron chi connectivity index (χ4n) is 3.02. The van der Waals surface area contributed by atoms with Crippen LogP contribution in [0.3, 0.4) is 0 Å². The molecular weight excluding hydrogens is 365 g/mol. The van der Waals surface area contributed by atoms with E-state index in [2.05, 4.69) is 13.8 Å². The summed E-state index contributed by atoms with van der Waals surface area (Å²) in [7, 11) is 0. The molecule has 0 amide bonds. The molecule has 1 saturated carbocycles. The van der Waals surface area contributed by atoms with E-state index in [1.807, 2.05) is 0 Å². The molecule has 0 bridgehead atoms. The van der Waals surface area contributed by atoms with Gasteiger partial charge in [0.25, 0.3) is 0 Å².